The molecule has 0 fully saturated rings. The van der Waals surface area contributed by atoms with Crippen molar-refractivity contribution in [3.63, 3.8) is 0 Å². The molecule has 5 aromatic rings. The Bertz CT molecular complexity index is 1400. The number of benzene rings is 3. The van der Waals surface area contributed by atoms with Crippen LogP contribution in [0.4, 0.5) is 0 Å². The molecule has 0 radical (unpaired) electrons. The van der Waals surface area contributed by atoms with Crippen LogP contribution in [-0.4, -0.2) is 15.2 Å². The minimum atomic E-state index is 0.539. The van der Waals surface area contributed by atoms with E-state index in [9.17, 15) is 0 Å². The topological polar surface area (TPSA) is 41.6 Å². The van der Waals surface area contributed by atoms with Crippen LogP contribution in [0.25, 0.3) is 44.8 Å². The van der Waals surface area contributed by atoms with E-state index in [1.54, 1.807) is 0 Å². The average molecular weight is 444 g/mol. The molecule has 2 aromatic heterocycles. The van der Waals surface area contributed by atoms with Crippen molar-refractivity contribution in [3.05, 3.63) is 108 Å². The largest absolute Gasteiger partial charge is 0.282 e. The van der Waals surface area contributed by atoms with Crippen LogP contribution < -0.4 is 0 Å². The van der Waals surface area contributed by atoms with Crippen LogP contribution in [0.3, 0.4) is 0 Å². The highest BCUT2D eigenvalue weighted by Crippen LogP contribution is 2.39. The zero-order valence-electron chi connectivity index (χ0n) is 19.9. The van der Waals surface area contributed by atoms with Gasteiger partial charge in [-0.05, 0) is 53.1 Å². The Morgan fingerprint density at radius 1 is 0.735 bits per heavy atom. The van der Waals surface area contributed by atoms with Crippen molar-refractivity contribution in [1.82, 2.24) is 15.2 Å². The van der Waals surface area contributed by atoms with Gasteiger partial charge in [-0.25, -0.2) is 0 Å². The minimum Gasteiger partial charge on any atom is -0.282 e. The van der Waals surface area contributed by atoms with Gasteiger partial charge < -0.3 is 0 Å². The molecule has 0 aliphatic carbocycles. The molecule has 5 rings (SSSR count). The molecule has 3 aromatic carbocycles. The van der Waals surface area contributed by atoms with Crippen LogP contribution >= 0.6 is 0 Å². The second-order valence-corrected chi connectivity index (χ2v) is 9.17. The number of hydrogen-bond acceptors (Lipinski definition) is 2. The van der Waals surface area contributed by atoms with Crippen LogP contribution in [0, 0.1) is 12.8 Å². The summed E-state index contributed by atoms with van der Waals surface area (Å²) in [5, 5.41) is 7.96. The second-order valence-electron chi connectivity index (χ2n) is 9.17. The molecule has 168 valence electrons. The van der Waals surface area contributed by atoms with Crippen LogP contribution in [0.2, 0.25) is 0 Å². The number of aromatic nitrogens is 3. The SMILES string of the molecule is Cc1[nH]nc(-c2cc(CC(C)C)c(-c3ccccc3)cn2)c1-c1ccccc1-c1ccccc1. The van der Waals surface area contributed by atoms with E-state index in [-0.39, 0.29) is 0 Å². The first kappa shape index (κ1) is 21.8. The fraction of sp³-hybridized carbons (Fsp3) is 0.161. The quantitative estimate of drug-likeness (QED) is 0.289. The zero-order valence-corrected chi connectivity index (χ0v) is 19.9. The van der Waals surface area contributed by atoms with Gasteiger partial charge in [0.15, 0.2) is 0 Å². The molecule has 0 spiro atoms. The van der Waals surface area contributed by atoms with E-state index in [0.29, 0.717) is 5.92 Å². The number of nitrogens with zero attached hydrogens (tertiary/aromatic N) is 2. The Balaban J connectivity index is 1.66. The highest BCUT2D eigenvalue weighted by atomic mass is 15.1. The van der Waals surface area contributed by atoms with E-state index in [2.05, 4.69) is 117 Å². The van der Waals surface area contributed by atoms with Crippen LogP contribution in [0.1, 0.15) is 25.1 Å². The highest BCUT2D eigenvalue weighted by Gasteiger charge is 2.20. The number of pyridine rings is 1. The Hall–Kier alpha value is -3.98. The third-order valence-electron chi connectivity index (χ3n) is 6.17. The van der Waals surface area contributed by atoms with E-state index in [4.69, 9.17) is 10.1 Å². The summed E-state index contributed by atoms with van der Waals surface area (Å²) in [4.78, 5) is 4.91. The molecular weight excluding hydrogens is 414 g/mol. The molecule has 0 saturated heterocycles. The zero-order chi connectivity index (χ0) is 23.5. The normalized spacial score (nSPS) is 11.2. The lowest BCUT2D eigenvalue weighted by Crippen LogP contribution is -2.00. The smallest absolute Gasteiger partial charge is 0.119 e. The lowest BCUT2D eigenvalue weighted by molar-refractivity contribution is 0.648. The van der Waals surface area contributed by atoms with Gasteiger partial charge in [-0.1, -0.05) is 98.8 Å². The standard InChI is InChI=1S/C31H29N3/c1-21(2)18-25-19-29(32-20-28(25)24-14-8-5-9-15-24)31-30(22(3)33-34-31)27-17-11-10-16-26(27)23-12-6-4-7-13-23/h4-17,19-21H,18H2,1-3H3,(H,33,34). The summed E-state index contributed by atoms with van der Waals surface area (Å²) in [7, 11) is 0. The summed E-state index contributed by atoms with van der Waals surface area (Å²) in [5.41, 5.74) is 11.2. The van der Waals surface area contributed by atoms with Crippen molar-refractivity contribution in [3.8, 4) is 44.8 Å². The van der Waals surface area contributed by atoms with Gasteiger partial charge in [-0.3, -0.25) is 10.1 Å². The minimum absolute atomic E-state index is 0.539. The van der Waals surface area contributed by atoms with Crippen molar-refractivity contribution < 1.29 is 0 Å². The number of aromatic amines is 1. The lowest BCUT2D eigenvalue weighted by atomic mass is 9.91. The summed E-state index contributed by atoms with van der Waals surface area (Å²) >= 11 is 0. The number of hydrogen-bond donors (Lipinski definition) is 1. The predicted molar refractivity (Wildman–Crippen MR) is 141 cm³/mol. The lowest BCUT2D eigenvalue weighted by Gasteiger charge is -2.15. The van der Waals surface area contributed by atoms with Crippen LogP contribution in [0.15, 0.2) is 97.2 Å². The van der Waals surface area contributed by atoms with E-state index < -0.39 is 0 Å². The molecule has 0 saturated carbocycles. The molecular formula is C31H29N3. The van der Waals surface area contributed by atoms with Gasteiger partial charge in [0.1, 0.15) is 5.69 Å². The van der Waals surface area contributed by atoms with Gasteiger partial charge >= 0.3 is 0 Å². The number of aryl methyl sites for hydroxylation is 1. The molecule has 34 heavy (non-hydrogen) atoms. The summed E-state index contributed by atoms with van der Waals surface area (Å²) < 4.78 is 0. The molecule has 0 unspecified atom stereocenters. The molecule has 1 N–H and O–H groups in total. The van der Waals surface area contributed by atoms with Crippen LogP contribution in [-0.2, 0) is 6.42 Å². The molecule has 0 bridgehead atoms. The van der Waals surface area contributed by atoms with Gasteiger partial charge in [0.2, 0.25) is 0 Å². The summed E-state index contributed by atoms with van der Waals surface area (Å²) in [6, 6.07) is 31.8. The van der Waals surface area contributed by atoms with E-state index in [0.717, 1.165) is 34.6 Å². The van der Waals surface area contributed by atoms with Gasteiger partial charge in [0.05, 0.1) is 5.69 Å². The van der Waals surface area contributed by atoms with Gasteiger partial charge in [-0.2, -0.15) is 5.10 Å². The van der Waals surface area contributed by atoms with Gasteiger partial charge in [-0.15, -0.1) is 0 Å². The Morgan fingerprint density at radius 2 is 1.32 bits per heavy atom. The van der Waals surface area contributed by atoms with Crippen molar-refractivity contribution in [2.24, 2.45) is 5.92 Å². The van der Waals surface area contributed by atoms with E-state index in [1.807, 2.05) is 6.20 Å². The van der Waals surface area contributed by atoms with Gasteiger partial charge in [0, 0.05) is 23.0 Å². The number of nitrogens with one attached hydrogen (secondary N) is 1. The monoisotopic (exact) mass is 443 g/mol. The third kappa shape index (κ3) is 4.29. The van der Waals surface area contributed by atoms with E-state index >= 15 is 0 Å². The highest BCUT2D eigenvalue weighted by molar-refractivity contribution is 5.91. The maximum atomic E-state index is 4.91. The Morgan fingerprint density at radius 3 is 1.97 bits per heavy atom. The number of H-pyrrole nitrogens is 1. The van der Waals surface area contributed by atoms with Crippen molar-refractivity contribution in [2.75, 3.05) is 0 Å². The summed E-state index contributed by atoms with van der Waals surface area (Å²) in [5.74, 6) is 0.539. The molecule has 0 atom stereocenters. The van der Waals surface area contributed by atoms with Crippen LogP contribution in [0.5, 0.6) is 0 Å². The summed E-state index contributed by atoms with van der Waals surface area (Å²) in [6.07, 6.45) is 3.00. The first-order chi connectivity index (χ1) is 16.6. The third-order valence-corrected chi connectivity index (χ3v) is 6.17. The molecule has 0 amide bonds. The Labute approximate surface area is 201 Å². The van der Waals surface area contributed by atoms with Crippen molar-refractivity contribution in [2.45, 2.75) is 27.2 Å². The molecule has 0 aliphatic heterocycles. The van der Waals surface area contributed by atoms with E-state index in [1.165, 1.54) is 27.8 Å². The predicted octanol–water partition coefficient (Wildman–Crippen LogP) is 7.98. The fourth-order valence-electron chi connectivity index (χ4n) is 4.63. The molecule has 3 nitrogen and oxygen atoms in total. The summed E-state index contributed by atoms with van der Waals surface area (Å²) in [6.45, 7) is 6.60. The second kappa shape index (κ2) is 9.48. The fourth-order valence-corrected chi connectivity index (χ4v) is 4.63. The number of rotatable bonds is 6. The van der Waals surface area contributed by atoms with Crippen molar-refractivity contribution in [1.29, 1.82) is 0 Å². The maximum Gasteiger partial charge on any atom is 0.119 e. The maximum absolute atomic E-state index is 4.91. The molecule has 0 aliphatic rings. The van der Waals surface area contributed by atoms with Crippen molar-refractivity contribution >= 4 is 0 Å². The average Bonchev–Trinajstić information content (AvgIpc) is 3.26. The molecule has 2 heterocycles. The first-order valence-corrected chi connectivity index (χ1v) is 11.9. The first-order valence-electron chi connectivity index (χ1n) is 11.9. The van der Waals surface area contributed by atoms with Gasteiger partial charge in [0.25, 0.3) is 0 Å². The Kier molecular flexibility index (Phi) is 6.09. The molecule has 3 heteroatoms.